The van der Waals surface area contributed by atoms with Gasteiger partial charge in [-0.05, 0) is 30.3 Å². The Bertz CT molecular complexity index is 631. The molecule has 1 atom stereocenters. The summed E-state index contributed by atoms with van der Waals surface area (Å²) in [5.41, 5.74) is 1.52. The van der Waals surface area contributed by atoms with Crippen molar-refractivity contribution in [3.8, 4) is 5.75 Å². The number of ether oxygens (including phenoxy) is 1. The van der Waals surface area contributed by atoms with Crippen LogP contribution >= 0.6 is 11.6 Å². The fourth-order valence-electron chi connectivity index (χ4n) is 2.26. The van der Waals surface area contributed by atoms with E-state index in [1.165, 1.54) is 0 Å². The van der Waals surface area contributed by atoms with Crippen LogP contribution in [-0.4, -0.2) is 17.5 Å². The number of fused-ring (bicyclic) bond motifs is 1. The molecule has 5 heteroatoms. The van der Waals surface area contributed by atoms with Gasteiger partial charge in [-0.3, -0.25) is 9.78 Å². The van der Waals surface area contributed by atoms with Crippen LogP contribution in [0.2, 0.25) is 5.02 Å². The fourth-order valence-corrected chi connectivity index (χ4v) is 2.44. The highest BCUT2D eigenvalue weighted by Gasteiger charge is 2.23. The number of nitrogens with one attached hydrogen (secondary N) is 1. The summed E-state index contributed by atoms with van der Waals surface area (Å²) in [6, 6.07) is 8.75. The summed E-state index contributed by atoms with van der Waals surface area (Å²) in [4.78, 5) is 16.1. The minimum atomic E-state index is -0.120. The van der Waals surface area contributed by atoms with Gasteiger partial charge in [0.2, 0.25) is 0 Å². The van der Waals surface area contributed by atoms with E-state index < -0.39 is 0 Å². The van der Waals surface area contributed by atoms with Crippen LogP contribution < -0.4 is 10.1 Å². The monoisotopic (exact) mass is 288 g/mol. The molecule has 1 aliphatic rings. The van der Waals surface area contributed by atoms with E-state index in [-0.39, 0.29) is 11.9 Å². The normalized spacial score (nSPS) is 16.9. The average molecular weight is 289 g/mol. The molecule has 4 nitrogen and oxygen atoms in total. The predicted molar refractivity (Wildman–Crippen MR) is 76.0 cm³/mol. The van der Waals surface area contributed by atoms with Crippen molar-refractivity contribution >= 4 is 17.5 Å². The van der Waals surface area contributed by atoms with Crippen molar-refractivity contribution in [1.82, 2.24) is 10.3 Å². The number of rotatable bonds is 2. The topological polar surface area (TPSA) is 51.2 Å². The van der Waals surface area contributed by atoms with Gasteiger partial charge in [0.05, 0.1) is 12.6 Å². The Morgan fingerprint density at radius 1 is 1.30 bits per heavy atom. The summed E-state index contributed by atoms with van der Waals surface area (Å²) in [5, 5.41) is 3.65. The number of amides is 1. The van der Waals surface area contributed by atoms with Gasteiger partial charge in [0.1, 0.15) is 5.75 Å². The largest absolute Gasteiger partial charge is 0.493 e. The van der Waals surface area contributed by atoms with Gasteiger partial charge in [0.15, 0.2) is 0 Å². The molecular weight excluding hydrogens is 276 g/mol. The quantitative estimate of drug-likeness (QED) is 0.924. The molecule has 2 heterocycles. The number of pyridine rings is 1. The van der Waals surface area contributed by atoms with Crippen LogP contribution in [0.1, 0.15) is 28.4 Å². The Morgan fingerprint density at radius 2 is 2.10 bits per heavy atom. The third-order valence-electron chi connectivity index (χ3n) is 3.26. The second-order valence-electron chi connectivity index (χ2n) is 4.58. The Balaban J connectivity index is 1.83. The molecule has 0 saturated heterocycles. The van der Waals surface area contributed by atoms with Crippen molar-refractivity contribution in [2.45, 2.75) is 12.5 Å². The first kappa shape index (κ1) is 12.9. The second-order valence-corrected chi connectivity index (χ2v) is 5.02. The lowest BCUT2D eigenvalue weighted by Crippen LogP contribution is -2.32. The maximum atomic E-state index is 12.2. The van der Waals surface area contributed by atoms with E-state index in [1.54, 1.807) is 30.6 Å². The zero-order chi connectivity index (χ0) is 13.9. The molecule has 1 aliphatic heterocycles. The first-order valence-corrected chi connectivity index (χ1v) is 6.75. The fraction of sp³-hybridized carbons (Fsp3) is 0.200. The molecule has 0 aliphatic carbocycles. The van der Waals surface area contributed by atoms with Crippen LogP contribution in [-0.2, 0) is 0 Å². The third-order valence-corrected chi connectivity index (χ3v) is 3.49. The van der Waals surface area contributed by atoms with Crippen molar-refractivity contribution in [2.24, 2.45) is 0 Å². The maximum Gasteiger partial charge on any atom is 0.251 e. The molecule has 1 aromatic heterocycles. The molecule has 20 heavy (non-hydrogen) atoms. The number of hydrogen-bond donors (Lipinski definition) is 1. The average Bonchev–Trinajstić information content (AvgIpc) is 2.49. The van der Waals surface area contributed by atoms with Crippen LogP contribution in [0.25, 0.3) is 0 Å². The van der Waals surface area contributed by atoms with E-state index in [0.29, 0.717) is 17.2 Å². The molecule has 0 bridgehead atoms. The van der Waals surface area contributed by atoms with E-state index in [2.05, 4.69) is 10.3 Å². The molecule has 0 saturated carbocycles. The van der Waals surface area contributed by atoms with Crippen LogP contribution in [0.4, 0.5) is 0 Å². The van der Waals surface area contributed by atoms with Crippen molar-refractivity contribution < 1.29 is 9.53 Å². The first-order chi connectivity index (χ1) is 9.74. The van der Waals surface area contributed by atoms with E-state index in [0.717, 1.165) is 17.7 Å². The lowest BCUT2D eigenvalue weighted by molar-refractivity contribution is 0.0924. The molecule has 1 unspecified atom stereocenters. The van der Waals surface area contributed by atoms with Gasteiger partial charge >= 0.3 is 0 Å². The summed E-state index contributed by atoms with van der Waals surface area (Å²) < 4.78 is 5.58. The van der Waals surface area contributed by atoms with Gasteiger partial charge < -0.3 is 10.1 Å². The van der Waals surface area contributed by atoms with Gasteiger partial charge in [-0.15, -0.1) is 0 Å². The van der Waals surface area contributed by atoms with E-state index in [9.17, 15) is 4.79 Å². The van der Waals surface area contributed by atoms with E-state index in [1.807, 2.05) is 12.1 Å². The molecule has 1 amide bonds. The highest BCUT2D eigenvalue weighted by molar-refractivity contribution is 6.30. The van der Waals surface area contributed by atoms with Gasteiger partial charge in [-0.1, -0.05) is 11.6 Å². The second kappa shape index (κ2) is 5.51. The minimum Gasteiger partial charge on any atom is -0.493 e. The zero-order valence-electron chi connectivity index (χ0n) is 10.7. The number of carbonyl (C=O) groups is 1. The zero-order valence-corrected chi connectivity index (χ0v) is 11.4. The number of carbonyl (C=O) groups excluding carboxylic acids is 1. The highest BCUT2D eigenvalue weighted by atomic mass is 35.5. The Kier molecular flexibility index (Phi) is 3.56. The van der Waals surface area contributed by atoms with Crippen LogP contribution in [0.15, 0.2) is 42.7 Å². The summed E-state index contributed by atoms with van der Waals surface area (Å²) >= 11 is 6.02. The number of aromatic nitrogens is 1. The summed E-state index contributed by atoms with van der Waals surface area (Å²) in [5.74, 6) is 0.658. The summed E-state index contributed by atoms with van der Waals surface area (Å²) in [6.07, 6.45) is 3.93. The highest BCUT2D eigenvalue weighted by Crippen LogP contribution is 2.34. The number of benzene rings is 1. The third kappa shape index (κ3) is 2.60. The maximum absolute atomic E-state index is 12.2. The molecule has 2 aromatic rings. The molecule has 3 rings (SSSR count). The molecule has 1 N–H and O–H groups in total. The number of halogens is 1. The lowest BCUT2D eigenvalue weighted by Gasteiger charge is -2.26. The smallest absolute Gasteiger partial charge is 0.251 e. The first-order valence-electron chi connectivity index (χ1n) is 6.37. The van der Waals surface area contributed by atoms with Crippen LogP contribution in [0.5, 0.6) is 5.75 Å². The minimum absolute atomic E-state index is 0.0851. The van der Waals surface area contributed by atoms with Gasteiger partial charge in [-0.25, -0.2) is 0 Å². The van der Waals surface area contributed by atoms with Gasteiger partial charge in [-0.2, -0.15) is 0 Å². The Hall–Kier alpha value is -2.07. The van der Waals surface area contributed by atoms with Crippen molar-refractivity contribution in [3.05, 3.63) is 58.9 Å². The molecule has 1 aromatic carbocycles. The molecule has 0 spiro atoms. The summed E-state index contributed by atoms with van der Waals surface area (Å²) in [7, 11) is 0. The van der Waals surface area contributed by atoms with Crippen LogP contribution in [0, 0.1) is 0 Å². The van der Waals surface area contributed by atoms with Gasteiger partial charge in [0.25, 0.3) is 5.91 Å². The van der Waals surface area contributed by atoms with Crippen LogP contribution in [0.3, 0.4) is 0 Å². The van der Waals surface area contributed by atoms with Gasteiger partial charge in [0, 0.05) is 35.0 Å². The molecule has 102 valence electrons. The predicted octanol–water partition coefficient (Wildman–Crippen LogP) is 2.99. The SMILES string of the molecule is O=C(NC1CCOc2ccc(Cl)cc21)c1ccncc1. The molecular formula is C15H13ClN2O2. The number of nitrogens with zero attached hydrogens (tertiary/aromatic N) is 1. The van der Waals surface area contributed by atoms with E-state index in [4.69, 9.17) is 16.3 Å². The Labute approximate surface area is 121 Å². The van der Waals surface area contributed by atoms with Crippen molar-refractivity contribution in [2.75, 3.05) is 6.61 Å². The number of hydrogen-bond acceptors (Lipinski definition) is 3. The lowest BCUT2D eigenvalue weighted by atomic mass is 10.00. The van der Waals surface area contributed by atoms with Crippen molar-refractivity contribution in [1.29, 1.82) is 0 Å². The summed E-state index contributed by atoms with van der Waals surface area (Å²) in [6.45, 7) is 0.579. The van der Waals surface area contributed by atoms with E-state index >= 15 is 0 Å². The standard InChI is InChI=1S/C15H13ClN2O2/c16-11-1-2-14-12(9-11)13(5-8-20-14)18-15(19)10-3-6-17-7-4-10/h1-4,6-7,9,13H,5,8H2,(H,18,19). The molecule has 0 radical (unpaired) electrons. The Morgan fingerprint density at radius 3 is 2.90 bits per heavy atom. The molecule has 0 fully saturated rings. The van der Waals surface area contributed by atoms with Crippen molar-refractivity contribution in [3.63, 3.8) is 0 Å².